The van der Waals surface area contributed by atoms with Gasteiger partial charge in [-0.3, -0.25) is 14.6 Å². The van der Waals surface area contributed by atoms with Crippen molar-refractivity contribution in [2.75, 3.05) is 13.1 Å². The van der Waals surface area contributed by atoms with E-state index in [2.05, 4.69) is 10.3 Å². The van der Waals surface area contributed by atoms with Crippen molar-refractivity contribution in [3.8, 4) is 0 Å². The fourth-order valence-corrected chi connectivity index (χ4v) is 2.97. The number of aliphatic hydroxyl groups is 1. The first-order valence-corrected chi connectivity index (χ1v) is 8.52. The summed E-state index contributed by atoms with van der Waals surface area (Å²) in [6, 6.07) is 8.47. The number of benzene rings is 1. The molecule has 3 rings (SSSR count). The van der Waals surface area contributed by atoms with Crippen LogP contribution in [0.15, 0.2) is 42.6 Å². The van der Waals surface area contributed by atoms with E-state index in [4.69, 9.17) is 0 Å². The Kier molecular flexibility index (Phi) is 5.75. The van der Waals surface area contributed by atoms with Gasteiger partial charge in [-0.2, -0.15) is 0 Å². The van der Waals surface area contributed by atoms with E-state index in [9.17, 15) is 23.5 Å². The molecule has 0 spiro atoms. The second-order valence-electron chi connectivity index (χ2n) is 6.43. The summed E-state index contributed by atoms with van der Waals surface area (Å²) in [4.78, 5) is 30.1. The van der Waals surface area contributed by atoms with Crippen LogP contribution in [0.2, 0.25) is 0 Å². The zero-order chi connectivity index (χ0) is 19.4. The molecule has 1 aromatic heterocycles. The maximum Gasteiger partial charge on any atom is 0.225 e. The summed E-state index contributed by atoms with van der Waals surface area (Å²) < 4.78 is 26.2. The molecule has 1 saturated heterocycles. The van der Waals surface area contributed by atoms with E-state index in [0.717, 1.165) is 17.8 Å². The number of hydrogen-bond acceptors (Lipinski definition) is 4. The number of halogens is 2. The van der Waals surface area contributed by atoms with Crippen LogP contribution in [0.5, 0.6) is 0 Å². The molecule has 27 heavy (non-hydrogen) atoms. The lowest BCUT2D eigenvalue weighted by Crippen LogP contribution is -2.35. The molecule has 0 bridgehead atoms. The molecule has 1 aliphatic rings. The Morgan fingerprint density at radius 1 is 1.30 bits per heavy atom. The molecule has 1 aromatic carbocycles. The van der Waals surface area contributed by atoms with Gasteiger partial charge < -0.3 is 15.3 Å². The highest BCUT2D eigenvalue weighted by Gasteiger charge is 2.34. The first kappa shape index (κ1) is 18.9. The largest absolute Gasteiger partial charge is 0.387 e. The summed E-state index contributed by atoms with van der Waals surface area (Å²) in [7, 11) is 0. The maximum atomic E-state index is 13.2. The molecule has 1 aliphatic heterocycles. The van der Waals surface area contributed by atoms with Crippen LogP contribution in [0.3, 0.4) is 0 Å². The Bertz CT molecular complexity index is 832. The number of pyridine rings is 1. The minimum Gasteiger partial charge on any atom is -0.387 e. The molecule has 142 valence electrons. The second-order valence-corrected chi connectivity index (χ2v) is 6.43. The van der Waals surface area contributed by atoms with Crippen LogP contribution in [0.4, 0.5) is 8.78 Å². The van der Waals surface area contributed by atoms with Crippen LogP contribution < -0.4 is 5.32 Å². The van der Waals surface area contributed by atoms with Gasteiger partial charge in [-0.25, -0.2) is 8.78 Å². The maximum absolute atomic E-state index is 13.2. The van der Waals surface area contributed by atoms with Gasteiger partial charge in [0.2, 0.25) is 11.8 Å². The number of carbonyl (C=O) groups is 2. The van der Waals surface area contributed by atoms with Crippen LogP contribution in [0.1, 0.15) is 23.8 Å². The molecule has 2 N–H and O–H groups in total. The fourth-order valence-electron chi connectivity index (χ4n) is 2.97. The Morgan fingerprint density at radius 3 is 2.81 bits per heavy atom. The molecule has 2 heterocycles. The van der Waals surface area contributed by atoms with Gasteiger partial charge in [-0.1, -0.05) is 12.1 Å². The monoisotopic (exact) mass is 375 g/mol. The van der Waals surface area contributed by atoms with Crippen molar-refractivity contribution in [3.05, 3.63) is 65.5 Å². The first-order chi connectivity index (χ1) is 12.9. The van der Waals surface area contributed by atoms with Crippen molar-refractivity contribution in [1.82, 2.24) is 15.2 Å². The molecule has 8 heteroatoms. The fraction of sp³-hybridized carbons (Fsp3) is 0.316. The third kappa shape index (κ3) is 4.65. The van der Waals surface area contributed by atoms with E-state index < -0.39 is 23.7 Å². The molecular weight excluding hydrogens is 356 g/mol. The van der Waals surface area contributed by atoms with Gasteiger partial charge in [-0.15, -0.1) is 0 Å². The topological polar surface area (TPSA) is 82.5 Å². The summed E-state index contributed by atoms with van der Waals surface area (Å²) in [5.74, 6) is -3.11. The molecule has 1 fully saturated rings. The van der Waals surface area contributed by atoms with Crippen LogP contribution in [0.25, 0.3) is 0 Å². The number of nitrogens with zero attached hydrogens (tertiary/aromatic N) is 2. The van der Waals surface area contributed by atoms with Crippen molar-refractivity contribution in [1.29, 1.82) is 0 Å². The number of rotatable bonds is 6. The van der Waals surface area contributed by atoms with Gasteiger partial charge in [0, 0.05) is 25.7 Å². The lowest BCUT2D eigenvalue weighted by Gasteiger charge is -2.17. The Labute approximate surface area is 154 Å². The molecule has 2 aromatic rings. The molecule has 0 radical (unpaired) electrons. The highest BCUT2D eigenvalue weighted by atomic mass is 19.2. The van der Waals surface area contributed by atoms with Crippen LogP contribution in [0, 0.1) is 17.6 Å². The summed E-state index contributed by atoms with van der Waals surface area (Å²) in [6.45, 7) is 0.443. The smallest absolute Gasteiger partial charge is 0.225 e. The van der Waals surface area contributed by atoms with Gasteiger partial charge in [0.25, 0.3) is 0 Å². The average Bonchev–Trinajstić information content (AvgIpc) is 3.03. The number of carbonyl (C=O) groups excluding carboxylic acids is 2. The van der Waals surface area contributed by atoms with Crippen molar-refractivity contribution in [2.45, 2.75) is 19.1 Å². The van der Waals surface area contributed by atoms with Crippen LogP contribution in [-0.4, -0.2) is 39.9 Å². The van der Waals surface area contributed by atoms with E-state index >= 15 is 0 Å². The zero-order valence-electron chi connectivity index (χ0n) is 14.4. The van der Waals surface area contributed by atoms with E-state index in [1.165, 1.54) is 6.07 Å². The van der Waals surface area contributed by atoms with Gasteiger partial charge in [-0.05, 0) is 29.8 Å². The Hall–Kier alpha value is -2.87. The number of likely N-dealkylation sites (tertiary alicyclic amines) is 1. The highest BCUT2D eigenvalue weighted by molar-refractivity contribution is 5.89. The summed E-state index contributed by atoms with van der Waals surface area (Å²) in [5.41, 5.74) is 0.897. The van der Waals surface area contributed by atoms with Gasteiger partial charge in [0.15, 0.2) is 11.6 Å². The molecule has 2 amide bonds. The van der Waals surface area contributed by atoms with Crippen LogP contribution >= 0.6 is 0 Å². The Balaban J connectivity index is 1.52. The molecule has 0 saturated carbocycles. The SMILES string of the molecule is O=C(NC[C@@H](O)c1ccc(F)c(F)c1)[C@H]1CC(=O)N(Cc2ccccn2)C1. The van der Waals surface area contributed by atoms with Gasteiger partial charge in [0.1, 0.15) is 0 Å². The molecule has 2 atom stereocenters. The predicted octanol–water partition coefficient (Wildman–Crippen LogP) is 1.56. The standard InChI is InChI=1S/C19H19F2N3O3/c20-15-5-4-12(7-16(15)21)17(25)9-23-19(27)13-8-18(26)24(10-13)11-14-3-1-2-6-22-14/h1-7,13,17,25H,8-11H2,(H,23,27)/t13-,17+/m0/s1. The van der Waals surface area contributed by atoms with Gasteiger partial charge in [0.05, 0.1) is 24.3 Å². The van der Waals surface area contributed by atoms with Crippen molar-refractivity contribution in [3.63, 3.8) is 0 Å². The predicted molar refractivity (Wildman–Crippen MR) is 92.1 cm³/mol. The average molecular weight is 375 g/mol. The van der Waals surface area contributed by atoms with Crippen molar-refractivity contribution >= 4 is 11.8 Å². The summed E-state index contributed by atoms with van der Waals surface area (Å²) in [6.07, 6.45) is 0.547. The second kappa shape index (κ2) is 8.22. The third-order valence-electron chi connectivity index (χ3n) is 4.46. The van der Waals surface area contributed by atoms with E-state index in [1.807, 2.05) is 6.07 Å². The molecular formula is C19H19F2N3O3. The minimum atomic E-state index is -1.18. The van der Waals surface area contributed by atoms with Crippen molar-refractivity contribution < 1.29 is 23.5 Å². The van der Waals surface area contributed by atoms with E-state index in [-0.39, 0.29) is 36.9 Å². The number of aliphatic hydroxyl groups excluding tert-OH is 1. The van der Waals surface area contributed by atoms with Gasteiger partial charge >= 0.3 is 0 Å². The number of aromatic nitrogens is 1. The number of nitrogens with one attached hydrogen (secondary N) is 1. The lowest BCUT2D eigenvalue weighted by molar-refractivity contribution is -0.129. The summed E-state index contributed by atoms with van der Waals surface area (Å²) >= 11 is 0. The quantitative estimate of drug-likeness (QED) is 0.803. The normalized spacial score (nSPS) is 17.8. The Morgan fingerprint density at radius 2 is 2.11 bits per heavy atom. The highest BCUT2D eigenvalue weighted by Crippen LogP contribution is 2.21. The number of hydrogen-bond donors (Lipinski definition) is 2. The summed E-state index contributed by atoms with van der Waals surface area (Å²) in [5, 5.41) is 12.6. The molecule has 0 unspecified atom stereocenters. The third-order valence-corrected chi connectivity index (χ3v) is 4.46. The number of amides is 2. The molecule has 0 aliphatic carbocycles. The van der Waals surface area contributed by atoms with Crippen LogP contribution in [-0.2, 0) is 16.1 Å². The lowest BCUT2D eigenvalue weighted by atomic mass is 10.1. The minimum absolute atomic E-state index is 0.0833. The van der Waals surface area contributed by atoms with Crippen molar-refractivity contribution in [2.24, 2.45) is 5.92 Å². The first-order valence-electron chi connectivity index (χ1n) is 8.52. The van der Waals surface area contributed by atoms with E-state index in [1.54, 1.807) is 23.2 Å². The zero-order valence-corrected chi connectivity index (χ0v) is 14.4. The molecule has 6 nitrogen and oxygen atoms in total. The van der Waals surface area contributed by atoms with E-state index in [0.29, 0.717) is 6.54 Å².